The molecule has 1 aromatic carbocycles. The van der Waals surface area contributed by atoms with E-state index in [-0.39, 0.29) is 0 Å². The van der Waals surface area contributed by atoms with E-state index in [0.717, 1.165) is 11.3 Å². The second kappa shape index (κ2) is 6.72. The van der Waals surface area contributed by atoms with E-state index in [1.807, 2.05) is 30.5 Å². The van der Waals surface area contributed by atoms with Gasteiger partial charge in [-0.25, -0.2) is 15.0 Å². The van der Waals surface area contributed by atoms with Gasteiger partial charge in [0, 0.05) is 22.3 Å². The molecule has 0 aliphatic heterocycles. The maximum absolute atomic E-state index is 5.90. The van der Waals surface area contributed by atoms with Crippen LogP contribution in [0.15, 0.2) is 53.8 Å². The maximum Gasteiger partial charge on any atom is 0.230 e. The molecule has 22 heavy (non-hydrogen) atoms. The summed E-state index contributed by atoms with van der Waals surface area (Å²) in [5.74, 6) is 1.03. The summed E-state index contributed by atoms with van der Waals surface area (Å²) >= 11 is 7.58. The highest BCUT2D eigenvalue weighted by Crippen LogP contribution is 2.22. The molecule has 2 heterocycles. The Bertz CT molecular complexity index is 796. The smallest absolute Gasteiger partial charge is 0.230 e. The molecule has 0 atom stereocenters. The van der Waals surface area contributed by atoms with Gasteiger partial charge in [-0.2, -0.15) is 4.98 Å². The van der Waals surface area contributed by atoms with Crippen molar-refractivity contribution in [2.75, 3.05) is 11.6 Å². The molecule has 0 bridgehead atoms. The van der Waals surface area contributed by atoms with E-state index in [1.165, 1.54) is 11.2 Å². The Hall–Kier alpha value is -2.18. The van der Waals surface area contributed by atoms with Gasteiger partial charge in [0.25, 0.3) is 0 Å². The van der Waals surface area contributed by atoms with E-state index < -0.39 is 0 Å². The first-order chi connectivity index (χ1) is 10.7. The lowest BCUT2D eigenvalue weighted by Crippen LogP contribution is -2.00. The predicted octanol–water partition coefficient (Wildman–Crippen LogP) is 4.05. The SMILES string of the molecule is CSc1cccc(Nc2ncnc(-c3ccnc(Cl)c3)n2)c1. The van der Waals surface area contributed by atoms with Crippen LogP contribution in [0.2, 0.25) is 5.15 Å². The highest BCUT2D eigenvalue weighted by Gasteiger charge is 2.05. The average molecular weight is 330 g/mol. The number of nitrogens with one attached hydrogen (secondary N) is 1. The molecule has 3 rings (SSSR count). The molecule has 2 aromatic heterocycles. The number of thioether (sulfide) groups is 1. The van der Waals surface area contributed by atoms with Crippen LogP contribution < -0.4 is 5.32 Å². The molecule has 7 heteroatoms. The van der Waals surface area contributed by atoms with Crippen LogP contribution >= 0.6 is 23.4 Å². The largest absolute Gasteiger partial charge is 0.324 e. The van der Waals surface area contributed by atoms with Crippen molar-refractivity contribution < 1.29 is 0 Å². The van der Waals surface area contributed by atoms with E-state index in [9.17, 15) is 0 Å². The summed E-state index contributed by atoms with van der Waals surface area (Å²) < 4.78 is 0. The summed E-state index contributed by atoms with van der Waals surface area (Å²) in [6.07, 6.45) is 5.13. The van der Waals surface area contributed by atoms with Crippen LogP contribution in [-0.4, -0.2) is 26.2 Å². The van der Waals surface area contributed by atoms with Gasteiger partial charge in [0.05, 0.1) is 0 Å². The van der Waals surface area contributed by atoms with E-state index in [0.29, 0.717) is 16.9 Å². The summed E-state index contributed by atoms with van der Waals surface area (Å²) in [5.41, 5.74) is 1.72. The number of anilines is 2. The van der Waals surface area contributed by atoms with Crippen molar-refractivity contribution >= 4 is 35.0 Å². The molecule has 0 radical (unpaired) electrons. The van der Waals surface area contributed by atoms with Crippen molar-refractivity contribution in [3.05, 3.63) is 54.1 Å². The molecule has 0 aliphatic carbocycles. The molecular weight excluding hydrogens is 318 g/mol. The Balaban J connectivity index is 1.88. The molecule has 0 aliphatic rings. The molecule has 110 valence electrons. The van der Waals surface area contributed by atoms with Crippen molar-refractivity contribution in [1.82, 2.24) is 19.9 Å². The minimum Gasteiger partial charge on any atom is -0.324 e. The number of benzene rings is 1. The Labute approximate surface area is 137 Å². The van der Waals surface area contributed by atoms with Crippen LogP contribution in [0.5, 0.6) is 0 Å². The van der Waals surface area contributed by atoms with Gasteiger partial charge in [0.2, 0.25) is 5.95 Å². The maximum atomic E-state index is 5.90. The summed E-state index contributed by atoms with van der Waals surface area (Å²) in [5, 5.41) is 3.58. The lowest BCUT2D eigenvalue weighted by Gasteiger charge is -2.07. The fourth-order valence-electron chi connectivity index (χ4n) is 1.87. The van der Waals surface area contributed by atoms with E-state index in [4.69, 9.17) is 11.6 Å². The lowest BCUT2D eigenvalue weighted by molar-refractivity contribution is 1.06. The first-order valence-electron chi connectivity index (χ1n) is 6.46. The van der Waals surface area contributed by atoms with Gasteiger partial charge in [-0.15, -0.1) is 11.8 Å². The summed E-state index contributed by atoms with van der Waals surface area (Å²) in [7, 11) is 0. The number of halogens is 1. The number of hydrogen-bond acceptors (Lipinski definition) is 6. The van der Waals surface area contributed by atoms with Crippen LogP contribution in [0.1, 0.15) is 0 Å². The van der Waals surface area contributed by atoms with Gasteiger partial charge >= 0.3 is 0 Å². The molecule has 3 aromatic rings. The number of nitrogens with zero attached hydrogens (tertiary/aromatic N) is 4. The molecule has 0 saturated carbocycles. The Kier molecular flexibility index (Phi) is 4.50. The molecule has 5 nitrogen and oxygen atoms in total. The van der Waals surface area contributed by atoms with Crippen molar-refractivity contribution in [3.8, 4) is 11.4 Å². The highest BCUT2D eigenvalue weighted by molar-refractivity contribution is 7.98. The molecule has 0 unspecified atom stereocenters. The number of hydrogen-bond donors (Lipinski definition) is 1. The van der Waals surface area contributed by atoms with Gasteiger partial charge in [-0.3, -0.25) is 0 Å². The van der Waals surface area contributed by atoms with Crippen LogP contribution in [0.3, 0.4) is 0 Å². The predicted molar refractivity (Wildman–Crippen MR) is 89.6 cm³/mol. The summed E-state index contributed by atoms with van der Waals surface area (Å²) in [6.45, 7) is 0. The Morgan fingerprint density at radius 2 is 2.00 bits per heavy atom. The van der Waals surface area contributed by atoms with E-state index >= 15 is 0 Å². The van der Waals surface area contributed by atoms with E-state index in [1.54, 1.807) is 30.1 Å². The molecule has 1 N–H and O–H groups in total. The number of rotatable bonds is 4. The Morgan fingerprint density at radius 1 is 1.09 bits per heavy atom. The third kappa shape index (κ3) is 3.52. The monoisotopic (exact) mass is 329 g/mol. The van der Waals surface area contributed by atoms with Gasteiger partial charge in [0.15, 0.2) is 5.82 Å². The third-order valence-electron chi connectivity index (χ3n) is 2.88. The van der Waals surface area contributed by atoms with Gasteiger partial charge < -0.3 is 5.32 Å². The second-order valence-electron chi connectivity index (χ2n) is 4.36. The van der Waals surface area contributed by atoms with Crippen LogP contribution in [0.4, 0.5) is 11.6 Å². The van der Waals surface area contributed by atoms with Crippen molar-refractivity contribution in [2.24, 2.45) is 0 Å². The fourth-order valence-corrected chi connectivity index (χ4v) is 2.50. The molecule has 0 saturated heterocycles. The summed E-state index contributed by atoms with van der Waals surface area (Å²) in [4.78, 5) is 17.8. The molecular formula is C15H12ClN5S. The van der Waals surface area contributed by atoms with Gasteiger partial charge in [-0.1, -0.05) is 17.7 Å². The second-order valence-corrected chi connectivity index (χ2v) is 5.62. The average Bonchev–Trinajstić information content (AvgIpc) is 2.55. The Morgan fingerprint density at radius 3 is 2.82 bits per heavy atom. The first kappa shape index (κ1) is 14.7. The van der Waals surface area contributed by atoms with Crippen molar-refractivity contribution in [2.45, 2.75) is 4.90 Å². The molecule has 0 spiro atoms. The van der Waals surface area contributed by atoms with Gasteiger partial charge in [-0.05, 0) is 36.6 Å². The van der Waals surface area contributed by atoms with Crippen molar-refractivity contribution in [1.29, 1.82) is 0 Å². The topological polar surface area (TPSA) is 63.6 Å². The minimum atomic E-state index is 0.403. The van der Waals surface area contributed by atoms with Crippen LogP contribution in [0.25, 0.3) is 11.4 Å². The standard InChI is InChI=1S/C15H12ClN5S/c1-22-12-4-2-3-11(8-12)20-15-19-9-18-14(21-15)10-5-6-17-13(16)7-10/h2-9H,1H3,(H,18,19,20,21). The fraction of sp³-hybridized carbons (Fsp3) is 0.0667. The van der Waals surface area contributed by atoms with Crippen LogP contribution in [0, 0.1) is 0 Å². The highest BCUT2D eigenvalue weighted by atomic mass is 35.5. The van der Waals surface area contributed by atoms with E-state index in [2.05, 4.69) is 25.3 Å². The third-order valence-corrected chi connectivity index (χ3v) is 3.81. The zero-order valence-corrected chi connectivity index (χ0v) is 13.3. The lowest BCUT2D eigenvalue weighted by atomic mass is 10.2. The number of aromatic nitrogens is 4. The van der Waals surface area contributed by atoms with Crippen molar-refractivity contribution in [3.63, 3.8) is 0 Å². The quantitative estimate of drug-likeness (QED) is 0.575. The normalized spacial score (nSPS) is 10.5. The zero-order valence-electron chi connectivity index (χ0n) is 11.7. The number of pyridine rings is 1. The van der Waals surface area contributed by atoms with Gasteiger partial charge in [0.1, 0.15) is 11.5 Å². The van der Waals surface area contributed by atoms with Crippen LogP contribution in [-0.2, 0) is 0 Å². The first-order valence-corrected chi connectivity index (χ1v) is 8.07. The minimum absolute atomic E-state index is 0.403. The molecule has 0 amide bonds. The summed E-state index contributed by atoms with van der Waals surface area (Å²) in [6, 6.07) is 11.6. The molecule has 0 fully saturated rings. The zero-order chi connectivity index (χ0) is 15.4.